The normalized spacial score (nSPS) is 10.4. The van der Waals surface area contributed by atoms with E-state index in [2.05, 4.69) is 5.10 Å². The number of H-pyrrole nitrogens is 1. The van der Waals surface area contributed by atoms with Gasteiger partial charge in [-0.15, -0.1) is 0 Å². The van der Waals surface area contributed by atoms with Gasteiger partial charge in [0.05, 0.1) is 0 Å². The summed E-state index contributed by atoms with van der Waals surface area (Å²) in [5, 5.41) is 2.86. The second-order valence-electron chi connectivity index (χ2n) is 3.15. The number of aromatic amines is 1. The molecule has 0 amide bonds. The number of rotatable bonds is 3. The smallest absolute Gasteiger partial charge is 0.269 e. The molecule has 0 aromatic carbocycles. The molecule has 4 nitrogen and oxygen atoms in total. The van der Waals surface area contributed by atoms with Crippen molar-refractivity contribution in [3.05, 3.63) is 21.6 Å². The summed E-state index contributed by atoms with van der Waals surface area (Å²) < 4.78 is 1.40. The van der Waals surface area contributed by atoms with Crippen LogP contribution in [0.4, 0.5) is 0 Å². The molecule has 0 saturated carbocycles. The maximum absolute atomic E-state index is 11.3. The molecular weight excluding hydrogens is 168 g/mol. The highest BCUT2D eigenvalue weighted by atomic mass is 16.1. The van der Waals surface area contributed by atoms with Crippen molar-refractivity contribution >= 4 is 5.78 Å². The molecule has 0 bridgehead atoms. The second kappa shape index (κ2) is 3.60. The summed E-state index contributed by atoms with van der Waals surface area (Å²) >= 11 is 0. The van der Waals surface area contributed by atoms with E-state index in [1.54, 1.807) is 14.0 Å². The molecule has 0 spiro atoms. The van der Waals surface area contributed by atoms with E-state index in [0.29, 0.717) is 18.4 Å². The van der Waals surface area contributed by atoms with Gasteiger partial charge in [0.2, 0.25) is 0 Å². The summed E-state index contributed by atoms with van der Waals surface area (Å²) in [6.45, 7) is 3.55. The fourth-order valence-electron chi connectivity index (χ4n) is 1.21. The lowest BCUT2D eigenvalue weighted by molar-refractivity contribution is -0.118. The highest BCUT2D eigenvalue weighted by Crippen LogP contribution is 2.01. The van der Waals surface area contributed by atoms with Crippen molar-refractivity contribution in [2.75, 3.05) is 0 Å². The Morgan fingerprint density at radius 2 is 2.15 bits per heavy atom. The fraction of sp³-hybridized carbons (Fsp3) is 0.556. The van der Waals surface area contributed by atoms with Crippen LogP contribution in [0.1, 0.15) is 24.6 Å². The van der Waals surface area contributed by atoms with Gasteiger partial charge < -0.3 is 0 Å². The number of aromatic nitrogens is 2. The number of hydrogen-bond acceptors (Lipinski definition) is 2. The first kappa shape index (κ1) is 9.77. The Labute approximate surface area is 76.6 Å². The van der Waals surface area contributed by atoms with Crippen LogP contribution in [0.3, 0.4) is 0 Å². The molecule has 1 heterocycles. The number of hydrogen-bond donors (Lipinski definition) is 1. The standard InChI is InChI=1S/C9H14N2O2/c1-4-7(12)5-8-6(2)9(13)11(3)10-8/h10H,4-5H2,1-3H3. The monoisotopic (exact) mass is 182 g/mol. The van der Waals surface area contributed by atoms with Crippen molar-refractivity contribution in [2.45, 2.75) is 26.7 Å². The Kier molecular flexibility index (Phi) is 2.70. The average Bonchev–Trinajstić information content (AvgIpc) is 2.34. The van der Waals surface area contributed by atoms with Crippen LogP contribution in [0.25, 0.3) is 0 Å². The van der Waals surface area contributed by atoms with Crippen LogP contribution >= 0.6 is 0 Å². The van der Waals surface area contributed by atoms with E-state index in [-0.39, 0.29) is 11.3 Å². The molecule has 72 valence electrons. The Hall–Kier alpha value is -1.32. The van der Waals surface area contributed by atoms with E-state index >= 15 is 0 Å². The van der Waals surface area contributed by atoms with Gasteiger partial charge >= 0.3 is 0 Å². The third kappa shape index (κ3) is 1.88. The zero-order valence-electron chi connectivity index (χ0n) is 8.18. The van der Waals surface area contributed by atoms with Crippen molar-refractivity contribution in [1.29, 1.82) is 0 Å². The lowest BCUT2D eigenvalue weighted by Crippen LogP contribution is -2.13. The van der Waals surface area contributed by atoms with Crippen LogP contribution in [-0.4, -0.2) is 15.6 Å². The third-order valence-corrected chi connectivity index (χ3v) is 2.15. The molecule has 1 N–H and O–H groups in total. The van der Waals surface area contributed by atoms with Gasteiger partial charge in [0, 0.05) is 31.1 Å². The van der Waals surface area contributed by atoms with Crippen LogP contribution in [-0.2, 0) is 18.3 Å². The number of ketones is 1. The maximum Gasteiger partial charge on any atom is 0.269 e. The van der Waals surface area contributed by atoms with Gasteiger partial charge in [0.1, 0.15) is 5.78 Å². The minimum Gasteiger partial charge on any atom is -0.299 e. The van der Waals surface area contributed by atoms with E-state index in [9.17, 15) is 9.59 Å². The van der Waals surface area contributed by atoms with E-state index in [1.807, 2.05) is 6.92 Å². The topological polar surface area (TPSA) is 54.9 Å². The van der Waals surface area contributed by atoms with Gasteiger partial charge in [-0.2, -0.15) is 0 Å². The Bertz CT molecular complexity index is 373. The lowest BCUT2D eigenvalue weighted by atomic mass is 10.1. The van der Waals surface area contributed by atoms with Crippen LogP contribution in [0.2, 0.25) is 0 Å². The minimum absolute atomic E-state index is 0.0566. The molecule has 0 saturated heterocycles. The molecule has 0 aliphatic rings. The summed E-state index contributed by atoms with van der Waals surface area (Å²) in [6.07, 6.45) is 0.842. The number of carbonyl (C=O) groups excluding carboxylic acids is 1. The van der Waals surface area contributed by atoms with E-state index in [4.69, 9.17) is 0 Å². The molecule has 13 heavy (non-hydrogen) atoms. The first-order valence-corrected chi connectivity index (χ1v) is 4.32. The predicted octanol–water partition coefficient (Wildman–Crippen LogP) is 0.543. The van der Waals surface area contributed by atoms with Crippen LogP contribution in [0.15, 0.2) is 4.79 Å². The zero-order valence-corrected chi connectivity index (χ0v) is 8.18. The van der Waals surface area contributed by atoms with Crippen LogP contribution < -0.4 is 5.56 Å². The highest BCUT2D eigenvalue weighted by molar-refractivity contribution is 5.80. The Morgan fingerprint density at radius 3 is 2.54 bits per heavy atom. The Morgan fingerprint density at radius 1 is 1.54 bits per heavy atom. The molecule has 0 atom stereocenters. The molecule has 4 heteroatoms. The van der Waals surface area contributed by atoms with Crippen molar-refractivity contribution in [1.82, 2.24) is 9.78 Å². The molecule has 0 fully saturated rings. The summed E-state index contributed by atoms with van der Waals surface area (Å²) in [6, 6.07) is 0. The predicted molar refractivity (Wildman–Crippen MR) is 49.8 cm³/mol. The summed E-state index contributed by atoms with van der Waals surface area (Å²) in [4.78, 5) is 22.4. The van der Waals surface area contributed by atoms with Crippen molar-refractivity contribution < 1.29 is 4.79 Å². The van der Waals surface area contributed by atoms with Crippen molar-refractivity contribution in [3.8, 4) is 0 Å². The maximum atomic E-state index is 11.3. The number of nitrogens with one attached hydrogen (secondary N) is 1. The SMILES string of the molecule is CCC(=O)Cc1[nH]n(C)c(=O)c1C. The van der Waals surface area contributed by atoms with Crippen LogP contribution in [0, 0.1) is 6.92 Å². The van der Waals surface area contributed by atoms with E-state index < -0.39 is 0 Å². The molecule has 1 aromatic rings. The summed E-state index contributed by atoms with van der Waals surface area (Å²) in [5.74, 6) is 0.143. The van der Waals surface area contributed by atoms with Gasteiger partial charge in [-0.25, -0.2) is 0 Å². The molecular formula is C9H14N2O2. The largest absolute Gasteiger partial charge is 0.299 e. The first-order chi connectivity index (χ1) is 6.06. The minimum atomic E-state index is -0.0566. The van der Waals surface area contributed by atoms with Gasteiger partial charge in [0.15, 0.2) is 0 Å². The van der Waals surface area contributed by atoms with E-state index in [0.717, 1.165) is 5.69 Å². The molecule has 1 rings (SSSR count). The zero-order chi connectivity index (χ0) is 10.0. The lowest BCUT2D eigenvalue weighted by Gasteiger charge is -1.95. The highest BCUT2D eigenvalue weighted by Gasteiger charge is 2.10. The van der Waals surface area contributed by atoms with Crippen LogP contribution in [0.5, 0.6) is 0 Å². The number of aryl methyl sites for hydroxylation is 1. The Balaban J connectivity index is 2.96. The van der Waals surface area contributed by atoms with Gasteiger partial charge in [0.25, 0.3) is 5.56 Å². The molecule has 0 unspecified atom stereocenters. The van der Waals surface area contributed by atoms with Gasteiger partial charge in [-0.05, 0) is 6.92 Å². The van der Waals surface area contributed by atoms with Gasteiger partial charge in [-0.3, -0.25) is 19.4 Å². The van der Waals surface area contributed by atoms with Crippen molar-refractivity contribution in [3.63, 3.8) is 0 Å². The van der Waals surface area contributed by atoms with E-state index in [1.165, 1.54) is 4.68 Å². The number of nitrogens with zero attached hydrogens (tertiary/aromatic N) is 1. The molecule has 0 radical (unpaired) electrons. The molecule has 0 aliphatic carbocycles. The second-order valence-corrected chi connectivity index (χ2v) is 3.15. The summed E-state index contributed by atoms with van der Waals surface area (Å²) in [7, 11) is 1.65. The average molecular weight is 182 g/mol. The molecule has 1 aromatic heterocycles. The fourth-order valence-corrected chi connectivity index (χ4v) is 1.21. The third-order valence-electron chi connectivity index (χ3n) is 2.15. The number of carbonyl (C=O) groups is 1. The molecule has 0 aliphatic heterocycles. The van der Waals surface area contributed by atoms with Gasteiger partial charge in [-0.1, -0.05) is 6.92 Å². The first-order valence-electron chi connectivity index (χ1n) is 4.32. The quantitative estimate of drug-likeness (QED) is 0.741. The number of Topliss-reactive ketones (excluding diaryl/α,β-unsaturated/α-hetero) is 1. The van der Waals surface area contributed by atoms with Crippen molar-refractivity contribution in [2.24, 2.45) is 7.05 Å². The summed E-state index contributed by atoms with van der Waals surface area (Å²) in [5.41, 5.74) is 1.32.